The van der Waals surface area contributed by atoms with E-state index < -0.39 is 10.0 Å². The van der Waals surface area contributed by atoms with E-state index in [1.54, 1.807) is 16.4 Å². The van der Waals surface area contributed by atoms with Gasteiger partial charge in [0.15, 0.2) is 5.96 Å². The van der Waals surface area contributed by atoms with Crippen LogP contribution in [0.1, 0.15) is 11.1 Å². The molecule has 162 valence electrons. The highest BCUT2D eigenvalue weighted by Gasteiger charge is 2.29. The number of aliphatic imine (C=N–C) groups is 1. The zero-order valence-electron chi connectivity index (χ0n) is 18.0. The van der Waals surface area contributed by atoms with Crippen LogP contribution in [0, 0.1) is 0 Å². The van der Waals surface area contributed by atoms with Gasteiger partial charge in [-0.15, -0.1) is 0 Å². The topological polar surface area (TPSA) is 68.2 Å². The highest BCUT2D eigenvalue weighted by molar-refractivity contribution is 7.89. The van der Waals surface area contributed by atoms with E-state index in [2.05, 4.69) is 15.2 Å². The van der Waals surface area contributed by atoms with E-state index in [4.69, 9.17) is 0 Å². The van der Waals surface area contributed by atoms with Gasteiger partial charge in [-0.3, -0.25) is 0 Å². The van der Waals surface area contributed by atoms with Crippen LogP contribution in [0.3, 0.4) is 0 Å². The lowest BCUT2D eigenvalue weighted by molar-refractivity contribution is 0.222. The van der Waals surface area contributed by atoms with Crippen molar-refractivity contribution in [2.75, 3.05) is 47.3 Å². The molecule has 1 fully saturated rings. The highest BCUT2D eigenvalue weighted by Crippen LogP contribution is 2.21. The molecule has 1 heterocycles. The van der Waals surface area contributed by atoms with Gasteiger partial charge in [-0.05, 0) is 24.2 Å². The van der Waals surface area contributed by atoms with E-state index in [1.807, 2.05) is 68.5 Å². The van der Waals surface area contributed by atoms with E-state index in [0.717, 1.165) is 24.2 Å². The van der Waals surface area contributed by atoms with Crippen LogP contribution in [-0.2, 0) is 23.1 Å². The van der Waals surface area contributed by atoms with Crippen LogP contribution in [0.5, 0.6) is 0 Å². The van der Waals surface area contributed by atoms with Gasteiger partial charge in [0.05, 0.1) is 11.4 Å². The normalized spacial score (nSPS) is 16.4. The van der Waals surface area contributed by atoms with E-state index in [9.17, 15) is 8.42 Å². The second kappa shape index (κ2) is 10.1. The molecule has 1 aliphatic rings. The summed E-state index contributed by atoms with van der Waals surface area (Å²) in [6.45, 7) is 3.47. The molecule has 0 amide bonds. The summed E-state index contributed by atoms with van der Waals surface area (Å²) in [6, 6.07) is 17.3. The summed E-state index contributed by atoms with van der Waals surface area (Å²) in [5.41, 5.74) is 1.86. The number of nitrogens with zero attached hydrogens (tertiary/aromatic N) is 4. The lowest BCUT2D eigenvalue weighted by Gasteiger charge is -2.32. The molecule has 0 unspecified atom stereocenters. The average molecular weight is 430 g/mol. The van der Waals surface area contributed by atoms with Gasteiger partial charge in [-0.25, -0.2) is 13.4 Å². The molecule has 0 aromatic heterocycles. The summed E-state index contributed by atoms with van der Waals surface area (Å²) in [5, 5.41) is 3.31. The number of hydrogen-bond acceptors (Lipinski definition) is 4. The van der Waals surface area contributed by atoms with Gasteiger partial charge in [0.25, 0.3) is 0 Å². The van der Waals surface area contributed by atoms with Gasteiger partial charge in [0.1, 0.15) is 0 Å². The quantitative estimate of drug-likeness (QED) is 0.561. The fourth-order valence-electron chi connectivity index (χ4n) is 3.35. The Hall–Kier alpha value is -2.42. The second-order valence-corrected chi connectivity index (χ2v) is 9.59. The summed E-state index contributed by atoms with van der Waals surface area (Å²) in [4.78, 5) is 9.08. The highest BCUT2D eigenvalue weighted by atomic mass is 32.2. The minimum Gasteiger partial charge on any atom is -0.352 e. The molecule has 2 aromatic carbocycles. The fraction of sp³-hybridized carbons (Fsp3) is 0.409. The van der Waals surface area contributed by atoms with Gasteiger partial charge < -0.3 is 15.1 Å². The first-order chi connectivity index (χ1) is 14.4. The van der Waals surface area contributed by atoms with E-state index in [1.165, 1.54) is 0 Å². The number of benzene rings is 2. The number of piperazine rings is 1. The van der Waals surface area contributed by atoms with Crippen molar-refractivity contribution in [1.29, 1.82) is 0 Å². The van der Waals surface area contributed by atoms with E-state index in [-0.39, 0.29) is 0 Å². The molecule has 3 rings (SSSR count). The molecule has 0 atom stereocenters. The van der Waals surface area contributed by atoms with Gasteiger partial charge in [-0.2, -0.15) is 4.31 Å². The van der Waals surface area contributed by atoms with Crippen molar-refractivity contribution in [2.45, 2.75) is 18.0 Å². The zero-order chi connectivity index (χ0) is 21.6. The van der Waals surface area contributed by atoms with Crippen LogP contribution >= 0.6 is 0 Å². The molecule has 0 aliphatic carbocycles. The van der Waals surface area contributed by atoms with Gasteiger partial charge in [-0.1, -0.05) is 48.5 Å². The van der Waals surface area contributed by atoms with Crippen molar-refractivity contribution in [3.63, 3.8) is 0 Å². The minimum atomic E-state index is -3.53. The van der Waals surface area contributed by atoms with E-state index >= 15 is 0 Å². The van der Waals surface area contributed by atoms with Crippen LogP contribution in [0.25, 0.3) is 0 Å². The Morgan fingerprint density at radius 1 is 1.00 bits per heavy atom. The molecule has 8 heteroatoms. The largest absolute Gasteiger partial charge is 0.352 e. The minimum absolute atomic E-state index is 0.364. The Balaban J connectivity index is 1.75. The first-order valence-corrected chi connectivity index (χ1v) is 11.6. The van der Waals surface area contributed by atoms with Gasteiger partial charge >= 0.3 is 0 Å². The van der Waals surface area contributed by atoms with Crippen LogP contribution in [0.2, 0.25) is 0 Å². The zero-order valence-corrected chi connectivity index (χ0v) is 18.8. The number of guanidine groups is 1. The lowest BCUT2D eigenvalue weighted by atomic mass is 10.2. The molecular weight excluding hydrogens is 398 g/mol. The molecule has 0 radical (unpaired) electrons. The summed E-state index contributed by atoms with van der Waals surface area (Å²) >= 11 is 0. The standard InChI is InChI=1S/C22H31N5O2S/c1-25(2)22(23-17-19-9-5-4-6-10-19)24-18-20-11-7-8-12-21(20)30(28,29)27-15-13-26(3)14-16-27/h4-12H,13-18H2,1-3H3,(H,23,24). The molecule has 0 saturated carbocycles. The SMILES string of the molecule is CN1CCN(S(=O)(=O)c2ccccc2CNC(=NCc2ccccc2)N(C)C)CC1. The molecule has 30 heavy (non-hydrogen) atoms. The summed E-state index contributed by atoms with van der Waals surface area (Å²) in [6.07, 6.45) is 0. The number of hydrogen-bond donors (Lipinski definition) is 1. The maximum atomic E-state index is 13.2. The Morgan fingerprint density at radius 3 is 2.30 bits per heavy atom. The third kappa shape index (κ3) is 5.59. The molecule has 0 bridgehead atoms. The Bertz CT molecular complexity index is 953. The predicted molar refractivity (Wildman–Crippen MR) is 121 cm³/mol. The average Bonchev–Trinajstić information content (AvgIpc) is 2.74. The van der Waals surface area contributed by atoms with Crippen molar-refractivity contribution in [3.8, 4) is 0 Å². The van der Waals surface area contributed by atoms with Crippen LogP contribution in [0.4, 0.5) is 0 Å². The number of likely N-dealkylation sites (N-methyl/N-ethyl adjacent to an activating group) is 1. The maximum Gasteiger partial charge on any atom is 0.243 e. The molecule has 2 aromatic rings. The van der Waals surface area contributed by atoms with Crippen LogP contribution < -0.4 is 5.32 Å². The third-order valence-electron chi connectivity index (χ3n) is 5.17. The summed E-state index contributed by atoms with van der Waals surface area (Å²) in [7, 11) is 2.33. The van der Waals surface area contributed by atoms with Crippen molar-refractivity contribution in [3.05, 3.63) is 65.7 Å². The maximum absolute atomic E-state index is 13.2. The smallest absolute Gasteiger partial charge is 0.243 e. The Kier molecular flexibility index (Phi) is 7.47. The number of rotatable bonds is 6. The Morgan fingerprint density at radius 2 is 1.63 bits per heavy atom. The van der Waals surface area contributed by atoms with Crippen molar-refractivity contribution in [1.82, 2.24) is 19.4 Å². The first kappa shape index (κ1) is 22.3. The Labute approximate surface area is 180 Å². The van der Waals surface area contributed by atoms with Crippen molar-refractivity contribution in [2.24, 2.45) is 4.99 Å². The molecule has 1 N–H and O–H groups in total. The van der Waals surface area contributed by atoms with Crippen LogP contribution in [0.15, 0.2) is 64.5 Å². The molecule has 7 nitrogen and oxygen atoms in total. The molecule has 1 aliphatic heterocycles. The second-order valence-electron chi connectivity index (χ2n) is 7.69. The monoisotopic (exact) mass is 429 g/mol. The van der Waals surface area contributed by atoms with Gasteiger partial charge in [0, 0.05) is 46.8 Å². The molecule has 0 spiro atoms. The third-order valence-corrected chi connectivity index (χ3v) is 7.17. The van der Waals surface area contributed by atoms with E-state index in [0.29, 0.717) is 37.0 Å². The summed E-state index contributed by atoms with van der Waals surface area (Å²) in [5.74, 6) is 0.714. The number of sulfonamides is 1. The van der Waals surface area contributed by atoms with Gasteiger partial charge in [0.2, 0.25) is 10.0 Å². The fourth-order valence-corrected chi connectivity index (χ4v) is 4.99. The summed E-state index contributed by atoms with van der Waals surface area (Å²) < 4.78 is 28.1. The molecular formula is C22H31N5O2S. The van der Waals surface area contributed by atoms with Crippen LogP contribution in [-0.4, -0.2) is 75.8 Å². The van der Waals surface area contributed by atoms with Crippen molar-refractivity contribution < 1.29 is 8.42 Å². The number of nitrogens with one attached hydrogen (secondary N) is 1. The predicted octanol–water partition coefficient (Wildman–Crippen LogP) is 1.83. The van der Waals surface area contributed by atoms with Crippen molar-refractivity contribution >= 4 is 16.0 Å². The first-order valence-electron chi connectivity index (χ1n) is 10.1. The lowest BCUT2D eigenvalue weighted by Crippen LogP contribution is -2.47. The molecule has 1 saturated heterocycles.